The van der Waals surface area contributed by atoms with Crippen molar-refractivity contribution in [3.8, 4) is 89.0 Å². The van der Waals surface area contributed by atoms with Crippen LogP contribution in [0.5, 0.6) is 0 Å². The van der Waals surface area contributed by atoms with Gasteiger partial charge in [-0.05, 0) is 214 Å². The van der Waals surface area contributed by atoms with E-state index < -0.39 is 0 Å². The van der Waals surface area contributed by atoms with Crippen molar-refractivity contribution in [2.24, 2.45) is 0 Å². The molecule has 4 heteroatoms. The number of fused-ring (bicyclic) bond motifs is 20. The Morgan fingerprint density at radius 1 is 0.125 bits per heavy atom. The molecular weight excluding hydrogens is 1460 g/mol. The lowest BCUT2D eigenvalue weighted by Gasteiger charge is -2.20. The minimum atomic E-state index is 0.889. The zero-order valence-electron chi connectivity index (χ0n) is 64.9. The van der Waals surface area contributed by atoms with E-state index in [9.17, 15) is 0 Å². The quantitative estimate of drug-likeness (QED) is 0.142. The molecule has 26 rings (SSSR count). The molecule has 0 bridgehead atoms. The lowest BCUT2D eigenvalue weighted by Crippen LogP contribution is -1.93. The zero-order valence-corrected chi connectivity index (χ0v) is 64.9. The van der Waals surface area contributed by atoms with Gasteiger partial charge >= 0.3 is 0 Å². The molecule has 0 atom stereocenters. The van der Waals surface area contributed by atoms with Gasteiger partial charge in [0.25, 0.3) is 0 Å². The minimum absolute atomic E-state index is 0.889. The highest BCUT2D eigenvalue weighted by Crippen LogP contribution is 2.55. The Bertz CT molecular complexity index is 8370. The number of furan rings is 4. The van der Waals surface area contributed by atoms with Crippen LogP contribution in [-0.2, 0) is 0 Å². The Balaban J connectivity index is 0.000000133. The molecule has 0 spiro atoms. The molecule has 556 valence electrons. The van der Waals surface area contributed by atoms with Gasteiger partial charge in [0, 0.05) is 65.3 Å². The van der Waals surface area contributed by atoms with Gasteiger partial charge in [0.05, 0.1) is 0 Å². The third kappa shape index (κ3) is 10.3. The number of rotatable bonds is 8. The van der Waals surface area contributed by atoms with E-state index >= 15 is 0 Å². The van der Waals surface area contributed by atoms with Crippen molar-refractivity contribution in [3.63, 3.8) is 0 Å². The predicted octanol–water partition coefficient (Wildman–Crippen LogP) is 33.5. The van der Waals surface area contributed by atoms with Crippen molar-refractivity contribution >= 4 is 174 Å². The Kier molecular flexibility index (Phi) is 15.1. The summed E-state index contributed by atoms with van der Waals surface area (Å²) in [5, 5.41) is 27.8. The standard InChI is InChI=1S/2C58H34O2/c1-2-16-35(17-3-1)38-20-8-9-25-43(38)54-44-26-14-28-46(55-39-21-6-4-18-36(39)32-50-41-23-10-12-30-52(41)59-57(50)55)48(44)34-49-45(54)27-15-29-47(49)56-40-22-7-5-19-37(40)33-51-42-24-11-13-31-53(42)60-58(51)56;1-2-16-35(17-3-1)38-20-8-9-23-41(38)54-42-26-14-28-44(55-39-21-6-4-18-36(39)32-52-57(55)46-24-10-12-30-50(46)59-52)48(42)34-49-43(54)27-15-29-45(49)56-40-22-7-5-19-37(40)33-53-58(56)47-25-11-13-31-51(47)60-53/h2*1-34H. The first-order valence-corrected chi connectivity index (χ1v) is 41.2. The summed E-state index contributed by atoms with van der Waals surface area (Å²) in [6.45, 7) is 0. The van der Waals surface area contributed by atoms with Crippen LogP contribution in [-0.4, -0.2) is 0 Å². The number of hydrogen-bond donors (Lipinski definition) is 0. The molecule has 0 fully saturated rings. The second-order valence-corrected chi connectivity index (χ2v) is 31.7. The molecule has 26 aromatic rings. The number of benzene rings is 22. The Labute approximate surface area is 688 Å². The van der Waals surface area contributed by atoms with Gasteiger partial charge in [0.2, 0.25) is 0 Å². The number of para-hydroxylation sites is 4. The van der Waals surface area contributed by atoms with E-state index in [1.54, 1.807) is 0 Å². The van der Waals surface area contributed by atoms with Gasteiger partial charge in [0.1, 0.15) is 44.7 Å². The first kappa shape index (κ1) is 67.5. The van der Waals surface area contributed by atoms with Crippen molar-refractivity contribution in [1.82, 2.24) is 0 Å². The molecular formula is C116H68O4. The molecule has 4 heterocycles. The van der Waals surface area contributed by atoms with Gasteiger partial charge in [-0.1, -0.05) is 352 Å². The summed E-state index contributed by atoms with van der Waals surface area (Å²) in [7, 11) is 0. The summed E-state index contributed by atoms with van der Waals surface area (Å²) in [4.78, 5) is 0. The van der Waals surface area contributed by atoms with Crippen LogP contribution in [0.4, 0.5) is 0 Å². The maximum Gasteiger partial charge on any atom is 0.143 e. The third-order valence-corrected chi connectivity index (χ3v) is 25.3. The van der Waals surface area contributed by atoms with E-state index in [-0.39, 0.29) is 0 Å². The monoisotopic (exact) mass is 1520 g/mol. The molecule has 0 N–H and O–H groups in total. The van der Waals surface area contributed by atoms with E-state index in [2.05, 4.69) is 413 Å². The van der Waals surface area contributed by atoms with Crippen LogP contribution in [0.3, 0.4) is 0 Å². The highest BCUT2D eigenvalue weighted by molar-refractivity contribution is 6.32. The van der Waals surface area contributed by atoms with Crippen molar-refractivity contribution < 1.29 is 17.7 Å². The first-order chi connectivity index (χ1) is 59.6. The van der Waals surface area contributed by atoms with E-state index in [4.69, 9.17) is 17.7 Å². The van der Waals surface area contributed by atoms with E-state index in [1.165, 1.54) is 121 Å². The molecule has 0 aliphatic rings. The minimum Gasteiger partial charge on any atom is -0.456 e. The van der Waals surface area contributed by atoms with Crippen LogP contribution in [0.25, 0.3) is 263 Å². The fourth-order valence-corrected chi connectivity index (χ4v) is 20.2. The van der Waals surface area contributed by atoms with Gasteiger partial charge in [-0.2, -0.15) is 0 Å². The Morgan fingerprint density at radius 2 is 0.383 bits per heavy atom. The molecule has 0 radical (unpaired) electrons. The molecule has 0 aliphatic heterocycles. The maximum absolute atomic E-state index is 6.88. The molecule has 4 nitrogen and oxygen atoms in total. The summed E-state index contributed by atoms with van der Waals surface area (Å²) in [5.74, 6) is 0. The molecule has 120 heavy (non-hydrogen) atoms. The van der Waals surface area contributed by atoms with Gasteiger partial charge in [-0.15, -0.1) is 0 Å². The fraction of sp³-hybridized carbons (Fsp3) is 0. The van der Waals surface area contributed by atoms with Crippen molar-refractivity contribution in [2.75, 3.05) is 0 Å². The first-order valence-electron chi connectivity index (χ1n) is 41.2. The molecule has 0 unspecified atom stereocenters. The van der Waals surface area contributed by atoms with Crippen LogP contribution in [0.1, 0.15) is 0 Å². The largest absolute Gasteiger partial charge is 0.456 e. The average molecular weight is 1530 g/mol. The maximum atomic E-state index is 6.88. The van der Waals surface area contributed by atoms with Gasteiger partial charge in [0.15, 0.2) is 0 Å². The van der Waals surface area contributed by atoms with Crippen LogP contribution in [0.15, 0.2) is 430 Å². The highest BCUT2D eigenvalue weighted by atomic mass is 16.3. The van der Waals surface area contributed by atoms with Gasteiger partial charge in [-0.3, -0.25) is 0 Å². The van der Waals surface area contributed by atoms with Gasteiger partial charge in [-0.25, -0.2) is 0 Å². The highest BCUT2D eigenvalue weighted by Gasteiger charge is 2.28. The van der Waals surface area contributed by atoms with Crippen molar-refractivity contribution in [3.05, 3.63) is 413 Å². The molecule has 0 amide bonds. The van der Waals surface area contributed by atoms with E-state index in [0.717, 1.165) is 142 Å². The van der Waals surface area contributed by atoms with E-state index in [0.29, 0.717) is 0 Å². The second-order valence-electron chi connectivity index (χ2n) is 31.7. The zero-order chi connectivity index (χ0) is 78.6. The van der Waals surface area contributed by atoms with Crippen molar-refractivity contribution in [2.45, 2.75) is 0 Å². The van der Waals surface area contributed by atoms with Gasteiger partial charge < -0.3 is 17.7 Å². The fourth-order valence-electron chi connectivity index (χ4n) is 20.2. The number of hydrogen-bond acceptors (Lipinski definition) is 4. The van der Waals surface area contributed by atoms with Crippen molar-refractivity contribution in [1.29, 1.82) is 0 Å². The molecule has 22 aromatic carbocycles. The molecule has 0 saturated carbocycles. The normalized spacial score (nSPS) is 12.0. The summed E-state index contributed by atoms with van der Waals surface area (Å²) >= 11 is 0. The third-order valence-electron chi connectivity index (χ3n) is 25.3. The summed E-state index contributed by atoms with van der Waals surface area (Å²) in [5.41, 5.74) is 25.9. The molecule has 4 aromatic heterocycles. The molecule has 0 aliphatic carbocycles. The lowest BCUT2D eigenvalue weighted by atomic mass is 9.82. The SMILES string of the molecule is c1ccc(-c2ccccc2-c2c3cccc(-c4c5ccccc5cc5c4oc4ccccc45)c3cc3c(-c4c5ccccc5cc5c4oc4ccccc45)cccc23)cc1.c1ccc(-c2ccccc2-c2c3cccc(-c4c5ccccc5cc5oc6ccccc6c45)c3cc3c(-c4c5ccccc5cc5oc6ccccc6c45)cccc23)cc1. The van der Waals surface area contributed by atoms with E-state index in [1.807, 2.05) is 0 Å². The summed E-state index contributed by atoms with van der Waals surface area (Å²) in [6, 6.07) is 149. The smallest absolute Gasteiger partial charge is 0.143 e. The predicted molar refractivity (Wildman–Crippen MR) is 506 cm³/mol. The van der Waals surface area contributed by atoms with Crippen LogP contribution < -0.4 is 0 Å². The summed E-state index contributed by atoms with van der Waals surface area (Å²) in [6.07, 6.45) is 0. The topological polar surface area (TPSA) is 52.6 Å². The van der Waals surface area contributed by atoms with Crippen LogP contribution in [0, 0.1) is 0 Å². The Hall–Kier alpha value is -15.9. The Morgan fingerprint density at radius 3 is 0.750 bits per heavy atom. The second kappa shape index (κ2) is 26.9. The lowest BCUT2D eigenvalue weighted by molar-refractivity contribution is 0.669. The summed E-state index contributed by atoms with van der Waals surface area (Å²) < 4.78 is 27.0. The molecule has 0 saturated heterocycles. The van der Waals surface area contributed by atoms with Crippen LogP contribution in [0.2, 0.25) is 0 Å². The van der Waals surface area contributed by atoms with Crippen LogP contribution >= 0.6 is 0 Å². The average Bonchev–Trinajstić information content (AvgIpc) is 1.24.